The molecule has 1 aromatic carbocycles. The zero-order valence-corrected chi connectivity index (χ0v) is 12.5. The summed E-state index contributed by atoms with van der Waals surface area (Å²) >= 11 is 2.03. The van der Waals surface area contributed by atoms with Gasteiger partial charge in [0.15, 0.2) is 0 Å². The van der Waals surface area contributed by atoms with E-state index in [1.807, 2.05) is 11.8 Å². The van der Waals surface area contributed by atoms with Gasteiger partial charge in [0.05, 0.1) is 12.0 Å². The first-order valence-electron chi connectivity index (χ1n) is 7.41. The van der Waals surface area contributed by atoms with Crippen molar-refractivity contribution in [3.8, 4) is 6.07 Å². The third-order valence-corrected chi connectivity index (χ3v) is 5.53. The molecule has 0 N–H and O–H groups in total. The number of rotatable bonds is 5. The van der Waals surface area contributed by atoms with Crippen LogP contribution in [0.3, 0.4) is 0 Å². The molecule has 19 heavy (non-hydrogen) atoms. The Bertz CT molecular complexity index is 409. The summed E-state index contributed by atoms with van der Waals surface area (Å²) in [6, 6.07) is 13.4. The summed E-state index contributed by atoms with van der Waals surface area (Å²) in [5, 5.41) is 9.85. The molecule has 1 saturated carbocycles. The number of nitriles is 1. The van der Waals surface area contributed by atoms with E-state index in [4.69, 9.17) is 0 Å². The van der Waals surface area contributed by atoms with E-state index in [-0.39, 0.29) is 5.92 Å². The molecule has 0 saturated heterocycles. The summed E-state index contributed by atoms with van der Waals surface area (Å²) in [5.41, 5.74) is 1.46. The van der Waals surface area contributed by atoms with Crippen LogP contribution < -0.4 is 0 Å². The van der Waals surface area contributed by atoms with Crippen molar-refractivity contribution in [1.82, 2.24) is 0 Å². The summed E-state index contributed by atoms with van der Waals surface area (Å²) in [4.78, 5) is 0. The van der Waals surface area contributed by atoms with Crippen LogP contribution in [0.2, 0.25) is 0 Å². The SMILES string of the molecule is CCCCSC1CC(c2ccccc2)CCC1C#N. The molecule has 0 amide bonds. The molecule has 0 aromatic heterocycles. The molecular weight excluding hydrogens is 250 g/mol. The lowest BCUT2D eigenvalue weighted by Gasteiger charge is -2.32. The van der Waals surface area contributed by atoms with E-state index < -0.39 is 0 Å². The fraction of sp³-hybridized carbons (Fsp3) is 0.588. The van der Waals surface area contributed by atoms with E-state index in [1.54, 1.807) is 0 Å². The van der Waals surface area contributed by atoms with E-state index in [1.165, 1.54) is 37.0 Å². The molecule has 0 radical (unpaired) electrons. The average molecular weight is 273 g/mol. The van der Waals surface area contributed by atoms with Crippen LogP contribution >= 0.6 is 11.8 Å². The van der Waals surface area contributed by atoms with Crippen molar-refractivity contribution in [1.29, 1.82) is 5.26 Å². The largest absolute Gasteiger partial charge is 0.198 e. The molecule has 0 spiro atoms. The van der Waals surface area contributed by atoms with Crippen LogP contribution in [0.5, 0.6) is 0 Å². The van der Waals surface area contributed by atoms with Gasteiger partial charge in [0.2, 0.25) is 0 Å². The highest BCUT2D eigenvalue weighted by Crippen LogP contribution is 2.41. The second kappa shape index (κ2) is 7.60. The first-order chi connectivity index (χ1) is 9.35. The van der Waals surface area contributed by atoms with Gasteiger partial charge in [-0.25, -0.2) is 0 Å². The molecule has 1 aliphatic rings. The smallest absolute Gasteiger partial charge is 0.0667 e. The van der Waals surface area contributed by atoms with Gasteiger partial charge in [-0.05, 0) is 42.9 Å². The third kappa shape index (κ3) is 4.01. The quantitative estimate of drug-likeness (QED) is 0.705. The van der Waals surface area contributed by atoms with Crippen LogP contribution in [-0.4, -0.2) is 11.0 Å². The van der Waals surface area contributed by atoms with Crippen molar-refractivity contribution in [2.45, 2.75) is 50.2 Å². The van der Waals surface area contributed by atoms with Gasteiger partial charge < -0.3 is 0 Å². The van der Waals surface area contributed by atoms with Crippen molar-refractivity contribution in [3.63, 3.8) is 0 Å². The molecule has 2 rings (SSSR count). The lowest BCUT2D eigenvalue weighted by atomic mass is 9.79. The molecule has 0 bridgehead atoms. The Hall–Kier alpha value is -0.940. The van der Waals surface area contributed by atoms with Crippen LogP contribution in [0.25, 0.3) is 0 Å². The highest BCUT2D eigenvalue weighted by atomic mass is 32.2. The molecule has 1 nitrogen and oxygen atoms in total. The molecule has 2 heteroatoms. The summed E-state index contributed by atoms with van der Waals surface area (Å²) in [7, 11) is 0. The average Bonchev–Trinajstić information content (AvgIpc) is 2.48. The van der Waals surface area contributed by atoms with Crippen LogP contribution in [0.1, 0.15) is 50.5 Å². The normalized spacial score (nSPS) is 26.8. The summed E-state index contributed by atoms with van der Waals surface area (Å²) in [6.45, 7) is 2.23. The lowest BCUT2D eigenvalue weighted by Crippen LogP contribution is -2.25. The second-order valence-electron chi connectivity index (χ2n) is 5.42. The first-order valence-corrected chi connectivity index (χ1v) is 8.46. The Balaban J connectivity index is 1.97. The molecule has 1 aliphatic carbocycles. The van der Waals surface area contributed by atoms with Crippen molar-refractivity contribution in [3.05, 3.63) is 35.9 Å². The Morgan fingerprint density at radius 3 is 2.74 bits per heavy atom. The molecule has 102 valence electrons. The van der Waals surface area contributed by atoms with Gasteiger partial charge in [0.1, 0.15) is 0 Å². The van der Waals surface area contributed by atoms with E-state index in [2.05, 4.69) is 43.3 Å². The molecule has 0 aliphatic heterocycles. The standard InChI is InChI=1S/C17H23NS/c1-2-3-11-19-17-12-15(9-10-16(17)13-18)14-7-5-4-6-8-14/h4-8,15-17H,2-3,9-12H2,1H3. The van der Waals surface area contributed by atoms with Gasteiger partial charge in [-0.1, -0.05) is 43.7 Å². The zero-order valence-electron chi connectivity index (χ0n) is 11.7. The van der Waals surface area contributed by atoms with Gasteiger partial charge in [-0.3, -0.25) is 0 Å². The Labute approximate surface area is 121 Å². The van der Waals surface area contributed by atoms with Crippen molar-refractivity contribution in [2.24, 2.45) is 5.92 Å². The molecular formula is C17H23NS. The van der Waals surface area contributed by atoms with Gasteiger partial charge in [-0.2, -0.15) is 17.0 Å². The van der Waals surface area contributed by atoms with E-state index in [0.29, 0.717) is 11.2 Å². The lowest BCUT2D eigenvalue weighted by molar-refractivity contribution is 0.393. The predicted molar refractivity (Wildman–Crippen MR) is 83.3 cm³/mol. The molecule has 0 heterocycles. The highest BCUT2D eigenvalue weighted by Gasteiger charge is 2.31. The highest BCUT2D eigenvalue weighted by molar-refractivity contribution is 7.99. The van der Waals surface area contributed by atoms with Crippen LogP contribution in [0, 0.1) is 17.2 Å². The number of thioether (sulfide) groups is 1. The Morgan fingerprint density at radius 1 is 1.26 bits per heavy atom. The van der Waals surface area contributed by atoms with Gasteiger partial charge in [0, 0.05) is 5.25 Å². The molecule has 1 aromatic rings. The summed E-state index contributed by atoms with van der Waals surface area (Å²) < 4.78 is 0. The van der Waals surface area contributed by atoms with Gasteiger partial charge in [0.25, 0.3) is 0 Å². The summed E-state index contributed by atoms with van der Waals surface area (Å²) in [5.74, 6) is 2.13. The van der Waals surface area contributed by atoms with E-state index >= 15 is 0 Å². The Morgan fingerprint density at radius 2 is 2.05 bits per heavy atom. The first kappa shape index (κ1) is 14.5. The maximum Gasteiger partial charge on any atom is 0.0667 e. The number of hydrogen-bond donors (Lipinski definition) is 0. The fourth-order valence-corrected chi connectivity index (χ4v) is 4.42. The third-order valence-electron chi connectivity index (χ3n) is 4.06. The minimum atomic E-state index is 0.266. The minimum absolute atomic E-state index is 0.266. The fourth-order valence-electron chi connectivity index (χ4n) is 2.87. The molecule has 1 fully saturated rings. The van der Waals surface area contributed by atoms with Crippen LogP contribution in [0.15, 0.2) is 30.3 Å². The topological polar surface area (TPSA) is 23.8 Å². The van der Waals surface area contributed by atoms with Crippen molar-refractivity contribution < 1.29 is 0 Å². The number of nitrogens with zero attached hydrogens (tertiary/aromatic N) is 1. The minimum Gasteiger partial charge on any atom is -0.198 e. The molecule has 3 atom stereocenters. The van der Waals surface area contributed by atoms with Crippen molar-refractivity contribution in [2.75, 3.05) is 5.75 Å². The number of unbranched alkanes of at least 4 members (excludes halogenated alkanes) is 1. The van der Waals surface area contributed by atoms with Gasteiger partial charge in [-0.15, -0.1) is 0 Å². The summed E-state index contributed by atoms with van der Waals surface area (Å²) in [6.07, 6.45) is 5.94. The van der Waals surface area contributed by atoms with Gasteiger partial charge >= 0.3 is 0 Å². The zero-order chi connectivity index (χ0) is 13.5. The molecule has 3 unspecified atom stereocenters. The van der Waals surface area contributed by atoms with Crippen molar-refractivity contribution >= 4 is 11.8 Å². The maximum absolute atomic E-state index is 9.31. The second-order valence-corrected chi connectivity index (χ2v) is 6.77. The van der Waals surface area contributed by atoms with Crippen LogP contribution in [0.4, 0.5) is 0 Å². The number of hydrogen-bond acceptors (Lipinski definition) is 2. The Kier molecular flexibility index (Phi) is 5.79. The van der Waals surface area contributed by atoms with Crippen LogP contribution in [-0.2, 0) is 0 Å². The maximum atomic E-state index is 9.31. The van der Waals surface area contributed by atoms with E-state index in [0.717, 1.165) is 6.42 Å². The monoisotopic (exact) mass is 273 g/mol. The van der Waals surface area contributed by atoms with E-state index in [9.17, 15) is 5.26 Å². The predicted octanol–water partition coefficient (Wildman–Crippen LogP) is 5.00. The number of benzene rings is 1.